The molecule has 0 aliphatic heterocycles. The van der Waals surface area contributed by atoms with Crippen molar-refractivity contribution >= 4 is 44.2 Å². The highest BCUT2D eigenvalue weighted by molar-refractivity contribution is 9.10. The zero-order valence-electron chi connectivity index (χ0n) is 11.5. The Kier molecular flexibility index (Phi) is 3.91. The first-order valence-corrected chi connectivity index (χ1v) is 7.66. The average molecular weight is 388 g/mol. The number of aromatic nitrogens is 2. The topological polar surface area (TPSA) is 34.9 Å². The van der Waals surface area contributed by atoms with Crippen molar-refractivity contribution in [3.8, 4) is 0 Å². The first-order valence-electron chi connectivity index (χ1n) is 6.49. The summed E-state index contributed by atoms with van der Waals surface area (Å²) >= 11 is 9.27. The Bertz CT molecular complexity index is 870. The van der Waals surface area contributed by atoms with Gasteiger partial charge in [-0.05, 0) is 28.4 Å². The lowest BCUT2D eigenvalue weighted by Crippen LogP contribution is -2.10. The Morgan fingerprint density at radius 2 is 2.14 bits per heavy atom. The van der Waals surface area contributed by atoms with E-state index >= 15 is 0 Å². The van der Waals surface area contributed by atoms with E-state index in [-0.39, 0.29) is 33.5 Å². The fraction of sp³-hybridized carbons (Fsp3) is 0.200. The molecule has 114 valence electrons. The first kappa shape index (κ1) is 15.4. The highest BCUT2D eigenvalue weighted by Crippen LogP contribution is 2.35. The zero-order valence-corrected chi connectivity index (χ0v) is 13.8. The van der Waals surface area contributed by atoms with E-state index < -0.39 is 17.4 Å². The Labute approximate surface area is 138 Å². The minimum atomic E-state index is -0.704. The van der Waals surface area contributed by atoms with Crippen LogP contribution in [0.1, 0.15) is 23.2 Å². The van der Waals surface area contributed by atoms with Gasteiger partial charge < -0.3 is 0 Å². The third-order valence-electron chi connectivity index (χ3n) is 3.59. The van der Waals surface area contributed by atoms with Gasteiger partial charge in [-0.2, -0.15) is 5.10 Å². The molecule has 1 aromatic heterocycles. The third kappa shape index (κ3) is 2.40. The van der Waals surface area contributed by atoms with Crippen molar-refractivity contribution in [2.75, 3.05) is 0 Å². The number of hydrogen-bond acceptors (Lipinski definition) is 2. The fourth-order valence-electron chi connectivity index (χ4n) is 2.42. The van der Waals surface area contributed by atoms with Gasteiger partial charge in [0.25, 0.3) is 0 Å². The quantitative estimate of drug-likeness (QED) is 0.694. The Morgan fingerprint density at radius 3 is 2.86 bits per heavy atom. The van der Waals surface area contributed by atoms with Gasteiger partial charge >= 0.3 is 0 Å². The van der Waals surface area contributed by atoms with Gasteiger partial charge in [0.2, 0.25) is 0 Å². The van der Waals surface area contributed by atoms with Crippen LogP contribution in [0.4, 0.5) is 8.78 Å². The van der Waals surface area contributed by atoms with Crippen molar-refractivity contribution in [2.24, 2.45) is 7.05 Å². The molecule has 1 aliphatic rings. The Morgan fingerprint density at radius 1 is 1.41 bits per heavy atom. The van der Waals surface area contributed by atoms with Crippen LogP contribution in [0.3, 0.4) is 0 Å². The summed E-state index contributed by atoms with van der Waals surface area (Å²) in [7, 11) is 1.67. The molecule has 0 amide bonds. The van der Waals surface area contributed by atoms with Gasteiger partial charge in [0.05, 0.1) is 17.3 Å². The highest BCUT2D eigenvalue weighted by Gasteiger charge is 2.26. The molecule has 0 saturated heterocycles. The maximum atomic E-state index is 14.4. The molecule has 0 spiro atoms. The molecule has 0 atom stereocenters. The number of halogens is 4. The molecule has 1 heterocycles. The summed E-state index contributed by atoms with van der Waals surface area (Å²) in [4.78, 5) is 12.6. The van der Waals surface area contributed by atoms with Crippen molar-refractivity contribution in [1.29, 1.82) is 0 Å². The van der Waals surface area contributed by atoms with Crippen LogP contribution < -0.4 is 0 Å². The number of nitrogens with zero attached hydrogens (tertiary/aromatic N) is 2. The number of hydrogen-bond donors (Lipinski definition) is 0. The van der Waals surface area contributed by atoms with E-state index in [0.717, 1.165) is 6.08 Å². The normalized spacial score (nSPS) is 15.4. The van der Waals surface area contributed by atoms with E-state index in [0.29, 0.717) is 10.9 Å². The number of allylic oxidation sites excluding steroid dienone is 4. The molecule has 0 bridgehead atoms. The number of fused-ring (bicyclic) bond motifs is 1. The average Bonchev–Trinajstić information content (AvgIpc) is 2.83. The van der Waals surface area contributed by atoms with Crippen molar-refractivity contribution < 1.29 is 13.6 Å². The van der Waals surface area contributed by atoms with Crippen LogP contribution in [-0.4, -0.2) is 15.6 Å². The molecule has 0 radical (unpaired) electrons. The lowest BCUT2D eigenvalue weighted by Gasteiger charge is -2.13. The molecule has 0 fully saturated rings. The van der Waals surface area contributed by atoms with Crippen LogP contribution in [0.15, 0.2) is 39.2 Å². The highest BCUT2D eigenvalue weighted by atomic mass is 79.9. The lowest BCUT2D eigenvalue weighted by molar-refractivity contribution is 0.103. The third-order valence-corrected chi connectivity index (χ3v) is 4.81. The van der Waals surface area contributed by atoms with Crippen LogP contribution in [0, 0.1) is 5.82 Å². The van der Waals surface area contributed by atoms with Gasteiger partial charge in [-0.3, -0.25) is 9.48 Å². The molecule has 0 N–H and O–H groups in total. The minimum Gasteiger partial charge on any atom is -0.288 e. The van der Waals surface area contributed by atoms with Gasteiger partial charge in [-0.25, -0.2) is 8.78 Å². The van der Waals surface area contributed by atoms with E-state index in [9.17, 15) is 13.6 Å². The number of Topliss-reactive ketones (excluding diaryl/α,β-unsaturated/α-hetero) is 1. The van der Waals surface area contributed by atoms with Crippen molar-refractivity contribution in [3.05, 3.63) is 50.6 Å². The second-order valence-corrected chi connectivity index (χ2v) is 6.24. The van der Waals surface area contributed by atoms with Crippen LogP contribution in [-0.2, 0) is 7.05 Å². The number of benzene rings is 1. The second kappa shape index (κ2) is 5.59. The number of rotatable bonds is 2. The van der Waals surface area contributed by atoms with E-state index in [4.69, 9.17) is 11.6 Å². The van der Waals surface area contributed by atoms with Crippen LogP contribution >= 0.6 is 27.5 Å². The lowest BCUT2D eigenvalue weighted by atomic mass is 9.96. The van der Waals surface area contributed by atoms with E-state index in [1.165, 1.54) is 16.9 Å². The Balaban J connectivity index is 2.20. The predicted molar refractivity (Wildman–Crippen MR) is 84.0 cm³/mol. The maximum absolute atomic E-state index is 14.4. The molecule has 3 rings (SSSR count). The maximum Gasteiger partial charge on any atom is 0.198 e. The van der Waals surface area contributed by atoms with Gasteiger partial charge in [0.1, 0.15) is 11.6 Å². The molecule has 2 aromatic rings. The van der Waals surface area contributed by atoms with Gasteiger partial charge in [0.15, 0.2) is 5.78 Å². The monoisotopic (exact) mass is 386 g/mol. The summed E-state index contributed by atoms with van der Waals surface area (Å²) in [5, 5.41) is 4.88. The standard InChI is InChI=1S/C15H10BrClF2N2O/c1-21-12-5-11(19)13(14(16)9(12)6-20-21)15(22)8-4-7(18)2-3-10(8)17/h4-6H,2-3H2,1H3. The molecular formula is C15H10BrClF2N2O. The molecule has 0 saturated carbocycles. The number of ketones is 1. The molecule has 3 nitrogen and oxygen atoms in total. The molecular weight excluding hydrogens is 378 g/mol. The predicted octanol–water partition coefficient (Wildman–Crippen LogP) is 4.80. The molecule has 1 aliphatic carbocycles. The molecule has 22 heavy (non-hydrogen) atoms. The molecule has 7 heteroatoms. The summed E-state index contributed by atoms with van der Waals surface area (Å²) < 4.78 is 29.6. The summed E-state index contributed by atoms with van der Waals surface area (Å²) in [6.07, 6.45) is 3.00. The SMILES string of the molecule is Cn1ncc2c(Br)c(C(=O)C3=C(Cl)CCC(F)=C3)c(F)cc21. The van der Waals surface area contributed by atoms with Gasteiger partial charge in [-0.15, -0.1) is 0 Å². The van der Waals surface area contributed by atoms with Gasteiger partial charge in [0, 0.05) is 40.0 Å². The van der Waals surface area contributed by atoms with E-state index in [2.05, 4.69) is 21.0 Å². The number of carbonyl (C=O) groups excluding carboxylic acids is 1. The van der Waals surface area contributed by atoms with Crippen LogP contribution in [0.5, 0.6) is 0 Å². The van der Waals surface area contributed by atoms with Crippen molar-refractivity contribution in [1.82, 2.24) is 9.78 Å². The Hall–Kier alpha value is -1.53. The van der Waals surface area contributed by atoms with Crippen LogP contribution in [0.2, 0.25) is 0 Å². The smallest absolute Gasteiger partial charge is 0.198 e. The largest absolute Gasteiger partial charge is 0.288 e. The minimum absolute atomic E-state index is 0.00624. The first-order chi connectivity index (χ1) is 10.4. The van der Waals surface area contributed by atoms with Crippen molar-refractivity contribution in [2.45, 2.75) is 12.8 Å². The summed E-state index contributed by atoms with van der Waals surface area (Å²) in [5.74, 6) is -1.79. The molecule has 0 unspecified atom stereocenters. The number of carbonyl (C=O) groups is 1. The fourth-order valence-corrected chi connectivity index (χ4v) is 3.33. The molecule has 1 aromatic carbocycles. The summed E-state index contributed by atoms with van der Waals surface area (Å²) in [5.41, 5.74) is 0.374. The number of aryl methyl sites for hydroxylation is 1. The summed E-state index contributed by atoms with van der Waals surface area (Å²) in [6.45, 7) is 0. The van der Waals surface area contributed by atoms with Crippen LogP contribution in [0.25, 0.3) is 10.9 Å². The van der Waals surface area contributed by atoms with E-state index in [1.807, 2.05) is 0 Å². The van der Waals surface area contributed by atoms with Crippen molar-refractivity contribution in [3.63, 3.8) is 0 Å². The zero-order chi connectivity index (χ0) is 16.0. The van der Waals surface area contributed by atoms with E-state index in [1.54, 1.807) is 7.05 Å². The summed E-state index contributed by atoms with van der Waals surface area (Å²) in [6, 6.07) is 1.23. The second-order valence-electron chi connectivity index (χ2n) is 4.99. The van der Waals surface area contributed by atoms with Gasteiger partial charge in [-0.1, -0.05) is 11.6 Å².